The molecule has 0 bridgehead atoms. The second-order valence-corrected chi connectivity index (χ2v) is 9.71. The molecule has 0 aliphatic heterocycles. The Kier molecular flexibility index (Phi) is 7.81. The zero-order chi connectivity index (χ0) is 22.9. The standard InChI is InChI=1S/C27H24N3OPS/c1-31-23-18-16-22(17-19-23)29-27(33)30-28-20-21-10-8-9-15-26(21)32(24-11-4-2-5-12-24)25-13-6-3-7-14-25/h2-20H,1H3,(H2,29,30,33)/b28-20+. The van der Waals surface area contributed by atoms with Crippen molar-refractivity contribution in [2.24, 2.45) is 5.10 Å². The average Bonchev–Trinajstić information content (AvgIpc) is 2.87. The van der Waals surface area contributed by atoms with E-state index in [4.69, 9.17) is 17.0 Å². The third-order valence-corrected chi connectivity index (χ3v) is 7.64. The van der Waals surface area contributed by atoms with Crippen LogP contribution >= 0.6 is 20.1 Å². The van der Waals surface area contributed by atoms with Crippen LogP contribution in [0.5, 0.6) is 5.75 Å². The average molecular weight is 470 g/mol. The summed E-state index contributed by atoms with van der Waals surface area (Å²) in [5, 5.41) is 11.8. The van der Waals surface area contributed by atoms with Crippen molar-refractivity contribution in [3.8, 4) is 5.75 Å². The lowest BCUT2D eigenvalue weighted by Crippen LogP contribution is -2.25. The fourth-order valence-corrected chi connectivity index (χ4v) is 5.97. The molecule has 164 valence electrons. The summed E-state index contributed by atoms with van der Waals surface area (Å²) < 4.78 is 5.18. The van der Waals surface area contributed by atoms with E-state index in [-0.39, 0.29) is 0 Å². The van der Waals surface area contributed by atoms with E-state index in [1.807, 2.05) is 36.5 Å². The topological polar surface area (TPSA) is 45.6 Å². The number of rotatable bonds is 7. The minimum absolute atomic E-state index is 0.419. The Morgan fingerprint density at radius 3 is 1.97 bits per heavy atom. The second kappa shape index (κ2) is 11.4. The van der Waals surface area contributed by atoms with Gasteiger partial charge in [0.15, 0.2) is 5.11 Å². The second-order valence-electron chi connectivity index (χ2n) is 7.12. The zero-order valence-corrected chi connectivity index (χ0v) is 19.9. The predicted octanol–water partition coefficient (Wildman–Crippen LogP) is 4.77. The fourth-order valence-electron chi connectivity index (χ4n) is 3.38. The molecule has 33 heavy (non-hydrogen) atoms. The summed E-state index contributed by atoms with van der Waals surface area (Å²) in [6, 6.07) is 37.2. The Morgan fingerprint density at radius 1 is 0.788 bits per heavy atom. The summed E-state index contributed by atoms with van der Waals surface area (Å²) in [6.07, 6.45) is 1.83. The zero-order valence-electron chi connectivity index (χ0n) is 18.2. The van der Waals surface area contributed by atoms with Crippen LogP contribution in [0.1, 0.15) is 5.56 Å². The molecule has 0 aromatic heterocycles. The van der Waals surface area contributed by atoms with E-state index in [9.17, 15) is 0 Å². The van der Waals surface area contributed by atoms with Crippen LogP contribution in [-0.2, 0) is 0 Å². The molecule has 0 saturated heterocycles. The third-order valence-electron chi connectivity index (χ3n) is 4.92. The summed E-state index contributed by atoms with van der Waals surface area (Å²) in [6.45, 7) is 0. The highest BCUT2D eigenvalue weighted by Crippen LogP contribution is 2.33. The Hall–Kier alpha value is -3.53. The van der Waals surface area contributed by atoms with Gasteiger partial charge in [0.25, 0.3) is 0 Å². The molecule has 4 aromatic rings. The quantitative estimate of drug-likeness (QED) is 0.177. The van der Waals surface area contributed by atoms with Gasteiger partial charge in [-0.2, -0.15) is 5.10 Å². The molecule has 0 aliphatic rings. The molecule has 0 radical (unpaired) electrons. The van der Waals surface area contributed by atoms with Gasteiger partial charge in [-0.05, 0) is 60.3 Å². The molecule has 4 aromatic carbocycles. The van der Waals surface area contributed by atoms with Crippen LogP contribution < -0.4 is 31.4 Å². The molecular formula is C27H24N3OPS. The van der Waals surface area contributed by atoms with E-state index >= 15 is 0 Å². The first-order valence-corrected chi connectivity index (χ1v) is 12.2. The number of hydrazone groups is 1. The van der Waals surface area contributed by atoms with Gasteiger partial charge in [-0.1, -0.05) is 84.9 Å². The Balaban J connectivity index is 1.54. The smallest absolute Gasteiger partial charge is 0.191 e. The van der Waals surface area contributed by atoms with Gasteiger partial charge in [0, 0.05) is 11.3 Å². The van der Waals surface area contributed by atoms with Crippen LogP contribution in [-0.4, -0.2) is 18.4 Å². The van der Waals surface area contributed by atoms with Crippen molar-refractivity contribution in [1.82, 2.24) is 5.43 Å². The van der Waals surface area contributed by atoms with Crippen LogP contribution in [0.15, 0.2) is 114 Å². The molecule has 0 spiro atoms. The lowest BCUT2D eigenvalue weighted by molar-refractivity contribution is 0.415. The van der Waals surface area contributed by atoms with Gasteiger partial charge in [-0.15, -0.1) is 0 Å². The Labute approximate surface area is 201 Å². The summed E-state index contributed by atoms with van der Waals surface area (Å²) in [4.78, 5) is 0. The largest absolute Gasteiger partial charge is 0.497 e. The van der Waals surface area contributed by atoms with E-state index in [0.29, 0.717) is 5.11 Å². The minimum Gasteiger partial charge on any atom is -0.497 e. The number of nitrogens with zero attached hydrogens (tertiary/aromatic N) is 1. The maximum atomic E-state index is 5.39. The fraction of sp³-hybridized carbons (Fsp3) is 0.0370. The predicted molar refractivity (Wildman–Crippen MR) is 145 cm³/mol. The molecule has 0 heterocycles. The highest BCUT2D eigenvalue weighted by atomic mass is 32.1. The molecule has 4 rings (SSSR count). The number of nitrogens with one attached hydrogen (secondary N) is 2. The summed E-state index contributed by atoms with van der Waals surface area (Å²) in [5.74, 6) is 0.794. The van der Waals surface area contributed by atoms with Gasteiger partial charge in [0.2, 0.25) is 0 Å². The first-order chi connectivity index (χ1) is 16.2. The maximum Gasteiger partial charge on any atom is 0.191 e. The summed E-state index contributed by atoms with van der Waals surface area (Å²) in [5.41, 5.74) is 4.83. The van der Waals surface area contributed by atoms with E-state index in [2.05, 4.69) is 94.7 Å². The molecule has 0 fully saturated rings. The van der Waals surface area contributed by atoms with Crippen molar-refractivity contribution in [2.45, 2.75) is 0 Å². The van der Waals surface area contributed by atoms with Gasteiger partial charge >= 0.3 is 0 Å². The van der Waals surface area contributed by atoms with E-state index in [1.54, 1.807) is 7.11 Å². The Morgan fingerprint density at radius 2 is 1.36 bits per heavy atom. The van der Waals surface area contributed by atoms with Gasteiger partial charge in [0.05, 0.1) is 13.3 Å². The van der Waals surface area contributed by atoms with Crippen molar-refractivity contribution in [2.75, 3.05) is 12.4 Å². The molecule has 0 saturated carbocycles. The number of anilines is 1. The monoisotopic (exact) mass is 469 g/mol. The van der Waals surface area contributed by atoms with Crippen molar-refractivity contribution in [3.63, 3.8) is 0 Å². The van der Waals surface area contributed by atoms with Gasteiger partial charge in [-0.3, -0.25) is 5.43 Å². The molecule has 0 atom stereocenters. The van der Waals surface area contributed by atoms with Crippen LogP contribution in [0.3, 0.4) is 0 Å². The minimum atomic E-state index is -0.723. The lowest BCUT2D eigenvalue weighted by Gasteiger charge is -2.21. The third kappa shape index (κ3) is 6.04. The van der Waals surface area contributed by atoms with Crippen LogP contribution in [0.2, 0.25) is 0 Å². The lowest BCUT2D eigenvalue weighted by atomic mass is 10.2. The van der Waals surface area contributed by atoms with E-state index < -0.39 is 7.92 Å². The molecular weight excluding hydrogens is 445 g/mol. The highest BCUT2D eigenvalue weighted by molar-refractivity contribution is 7.80. The summed E-state index contributed by atoms with van der Waals surface area (Å²) >= 11 is 5.39. The number of ether oxygens (including phenoxy) is 1. The number of hydrogen-bond donors (Lipinski definition) is 2. The number of methoxy groups -OCH3 is 1. The van der Waals surface area contributed by atoms with Crippen molar-refractivity contribution in [3.05, 3.63) is 115 Å². The normalized spacial score (nSPS) is 10.8. The van der Waals surface area contributed by atoms with Crippen molar-refractivity contribution in [1.29, 1.82) is 0 Å². The number of hydrogen-bond acceptors (Lipinski definition) is 3. The molecule has 6 heteroatoms. The van der Waals surface area contributed by atoms with E-state index in [1.165, 1.54) is 15.9 Å². The first-order valence-electron chi connectivity index (χ1n) is 10.5. The SMILES string of the molecule is COc1ccc(NC(=S)N/N=C/c2ccccc2P(c2ccccc2)c2ccccc2)cc1. The number of benzene rings is 4. The molecule has 0 aliphatic carbocycles. The maximum absolute atomic E-state index is 5.39. The van der Waals surface area contributed by atoms with Crippen LogP contribution in [0.25, 0.3) is 0 Å². The first kappa shape index (κ1) is 22.7. The van der Waals surface area contributed by atoms with Gasteiger partial charge in [0.1, 0.15) is 5.75 Å². The van der Waals surface area contributed by atoms with E-state index in [0.717, 1.165) is 17.0 Å². The highest BCUT2D eigenvalue weighted by Gasteiger charge is 2.18. The van der Waals surface area contributed by atoms with Crippen LogP contribution in [0, 0.1) is 0 Å². The van der Waals surface area contributed by atoms with Crippen LogP contribution in [0.4, 0.5) is 5.69 Å². The summed E-state index contributed by atoms with van der Waals surface area (Å²) in [7, 11) is 0.919. The molecule has 0 amide bonds. The number of thiocarbonyl (C=S) groups is 1. The van der Waals surface area contributed by atoms with Crippen molar-refractivity contribution < 1.29 is 4.74 Å². The molecule has 2 N–H and O–H groups in total. The Bertz CT molecular complexity index is 1180. The molecule has 4 nitrogen and oxygen atoms in total. The van der Waals surface area contributed by atoms with Crippen molar-refractivity contribution >= 4 is 53.1 Å². The van der Waals surface area contributed by atoms with Gasteiger partial charge < -0.3 is 10.1 Å². The van der Waals surface area contributed by atoms with Gasteiger partial charge in [-0.25, -0.2) is 0 Å². The molecule has 0 unspecified atom stereocenters.